The Morgan fingerprint density at radius 2 is 1.91 bits per heavy atom. The van der Waals surface area contributed by atoms with E-state index < -0.39 is 17.0 Å². The van der Waals surface area contributed by atoms with E-state index in [-0.39, 0.29) is 36.0 Å². The van der Waals surface area contributed by atoms with Crippen LogP contribution in [0.25, 0.3) is 0 Å². The smallest absolute Gasteiger partial charge is 0.410 e. The number of unbranched alkanes of at least 4 members (excludes halogenated alkanes) is 1. The Balaban J connectivity index is 1.39. The van der Waals surface area contributed by atoms with Crippen LogP contribution in [-0.4, -0.2) is 64.1 Å². The van der Waals surface area contributed by atoms with Crippen LogP contribution in [0.2, 0.25) is 0 Å². The van der Waals surface area contributed by atoms with Crippen molar-refractivity contribution < 1.29 is 28.7 Å². The highest BCUT2D eigenvalue weighted by atomic mass is 19.1. The Hall–Kier alpha value is -4.05. The average Bonchev–Trinajstić information content (AvgIpc) is 3.42. The third-order valence-corrected chi connectivity index (χ3v) is 8.85. The lowest BCUT2D eigenvalue weighted by molar-refractivity contribution is -0.384. The zero-order valence-corrected chi connectivity index (χ0v) is 25.3. The maximum atomic E-state index is 14.2. The van der Waals surface area contributed by atoms with Crippen molar-refractivity contribution in [1.82, 2.24) is 9.80 Å². The molecule has 9 nitrogen and oxygen atoms in total. The van der Waals surface area contributed by atoms with Crippen molar-refractivity contribution >= 4 is 17.7 Å². The van der Waals surface area contributed by atoms with E-state index >= 15 is 0 Å². The van der Waals surface area contributed by atoms with Crippen molar-refractivity contribution in [3.8, 4) is 0 Å². The summed E-state index contributed by atoms with van der Waals surface area (Å²) in [6, 6.07) is 12.6. The Bertz CT molecular complexity index is 1350. The van der Waals surface area contributed by atoms with E-state index in [4.69, 9.17) is 4.74 Å². The van der Waals surface area contributed by atoms with Gasteiger partial charge in [0.15, 0.2) is 0 Å². The molecule has 236 valence electrons. The third-order valence-electron chi connectivity index (χ3n) is 8.85. The number of aliphatic carboxylic acids is 1. The van der Waals surface area contributed by atoms with Gasteiger partial charge in [-0.3, -0.25) is 10.1 Å². The van der Waals surface area contributed by atoms with Gasteiger partial charge in [0.25, 0.3) is 5.69 Å². The van der Waals surface area contributed by atoms with Gasteiger partial charge in [-0.2, -0.15) is 0 Å². The molecule has 2 atom stereocenters. The number of non-ortho nitro benzene ring substituents is 1. The molecule has 1 heterocycles. The average molecular weight is 608 g/mol. The number of carboxylic acids is 1. The maximum absolute atomic E-state index is 14.2. The summed E-state index contributed by atoms with van der Waals surface area (Å²) in [5.41, 5.74) is 3.05. The molecule has 1 amide bonds. The molecular weight excluding hydrogens is 565 g/mol. The summed E-state index contributed by atoms with van der Waals surface area (Å²) in [6.45, 7) is 8.51. The number of hydrogen-bond acceptors (Lipinski definition) is 6. The zero-order valence-electron chi connectivity index (χ0n) is 25.3. The SMILES string of the molecule is C=CCN(C(=O)OCc1ccc([N+](=O)[O-])cc1)C1CCN(C[C@H]2C/C(=C(/CCCC)C(=O)O)CC2c2cccc(F)c2)CC1. The van der Waals surface area contributed by atoms with Crippen molar-refractivity contribution in [3.05, 3.63) is 99.4 Å². The fraction of sp³-hybridized carbons (Fsp3) is 0.471. The Labute approximate surface area is 258 Å². The van der Waals surface area contributed by atoms with Gasteiger partial charge in [0.05, 0.1) is 4.92 Å². The van der Waals surface area contributed by atoms with Gasteiger partial charge in [0.1, 0.15) is 12.4 Å². The van der Waals surface area contributed by atoms with Crippen LogP contribution in [0.1, 0.15) is 68.9 Å². The van der Waals surface area contributed by atoms with Gasteiger partial charge < -0.3 is 19.6 Å². The number of amides is 1. The number of carbonyl (C=O) groups excluding carboxylic acids is 1. The lowest BCUT2D eigenvalue weighted by Gasteiger charge is -2.39. The first kappa shape index (κ1) is 32.9. The number of carboxylic acid groups (broad SMARTS) is 1. The van der Waals surface area contributed by atoms with Crippen LogP contribution in [0.5, 0.6) is 0 Å². The van der Waals surface area contributed by atoms with Crippen molar-refractivity contribution in [1.29, 1.82) is 0 Å². The highest BCUT2D eigenvalue weighted by Gasteiger charge is 2.37. The summed E-state index contributed by atoms with van der Waals surface area (Å²) in [6.07, 6.45) is 6.33. The molecule has 1 saturated carbocycles. The summed E-state index contributed by atoms with van der Waals surface area (Å²) in [5, 5.41) is 20.9. The number of ether oxygens (including phenoxy) is 1. The second-order valence-corrected chi connectivity index (χ2v) is 11.8. The highest BCUT2D eigenvalue weighted by Crippen LogP contribution is 2.45. The number of rotatable bonds is 13. The Kier molecular flexibility index (Phi) is 11.7. The van der Waals surface area contributed by atoms with Gasteiger partial charge in [0, 0.05) is 49.9 Å². The number of nitrogens with zero attached hydrogens (tertiary/aromatic N) is 3. The summed E-state index contributed by atoms with van der Waals surface area (Å²) in [7, 11) is 0. The van der Waals surface area contributed by atoms with Crippen molar-refractivity contribution in [2.45, 2.75) is 70.4 Å². The monoisotopic (exact) mass is 607 g/mol. The molecule has 4 rings (SSSR count). The molecule has 1 aliphatic heterocycles. The van der Waals surface area contributed by atoms with Crippen LogP contribution in [0.15, 0.2) is 72.3 Å². The predicted octanol–water partition coefficient (Wildman–Crippen LogP) is 7.09. The lowest BCUT2D eigenvalue weighted by atomic mass is 9.88. The van der Waals surface area contributed by atoms with Crippen molar-refractivity contribution in [2.75, 3.05) is 26.2 Å². The molecular formula is C34H42FN3O6. The molecule has 44 heavy (non-hydrogen) atoms. The minimum Gasteiger partial charge on any atom is -0.478 e. The first-order chi connectivity index (χ1) is 21.2. The van der Waals surface area contributed by atoms with Gasteiger partial charge in [-0.05, 0) is 85.8 Å². The van der Waals surface area contributed by atoms with E-state index in [0.29, 0.717) is 36.9 Å². The lowest BCUT2D eigenvalue weighted by Crippen LogP contribution is -2.48. The molecule has 1 aliphatic carbocycles. The molecule has 2 aromatic rings. The first-order valence-electron chi connectivity index (χ1n) is 15.4. The summed E-state index contributed by atoms with van der Waals surface area (Å²) in [4.78, 5) is 39.7. The van der Waals surface area contributed by atoms with E-state index in [1.165, 1.54) is 18.2 Å². The van der Waals surface area contributed by atoms with Crippen LogP contribution >= 0.6 is 0 Å². The summed E-state index contributed by atoms with van der Waals surface area (Å²) >= 11 is 0. The van der Waals surface area contributed by atoms with Crippen LogP contribution in [0, 0.1) is 21.8 Å². The fourth-order valence-corrected chi connectivity index (χ4v) is 6.53. The van der Waals surface area contributed by atoms with Crippen LogP contribution < -0.4 is 0 Å². The molecule has 0 bridgehead atoms. The molecule has 1 saturated heterocycles. The van der Waals surface area contributed by atoms with Gasteiger partial charge in [-0.25, -0.2) is 14.0 Å². The molecule has 2 aromatic carbocycles. The fourth-order valence-electron chi connectivity index (χ4n) is 6.53. The van der Waals surface area contributed by atoms with E-state index in [1.807, 2.05) is 6.07 Å². The number of halogens is 1. The normalized spacial score (nSPS) is 20.2. The zero-order chi connectivity index (χ0) is 31.6. The van der Waals surface area contributed by atoms with Crippen molar-refractivity contribution in [3.63, 3.8) is 0 Å². The number of allylic oxidation sites excluding steroid dienone is 1. The van der Waals surface area contributed by atoms with Gasteiger partial charge >= 0.3 is 12.1 Å². The first-order valence-corrected chi connectivity index (χ1v) is 15.4. The van der Waals surface area contributed by atoms with E-state index in [2.05, 4.69) is 18.4 Å². The van der Waals surface area contributed by atoms with Crippen molar-refractivity contribution in [2.24, 2.45) is 5.92 Å². The quantitative estimate of drug-likeness (QED) is 0.112. The number of piperidine rings is 1. The number of benzene rings is 2. The molecule has 1 N–H and O–H groups in total. The second-order valence-electron chi connectivity index (χ2n) is 11.8. The molecule has 1 unspecified atom stereocenters. The Morgan fingerprint density at radius 1 is 1.18 bits per heavy atom. The van der Waals surface area contributed by atoms with Gasteiger partial charge in [-0.1, -0.05) is 37.1 Å². The number of hydrogen-bond donors (Lipinski definition) is 1. The molecule has 2 fully saturated rings. The van der Waals surface area contributed by atoms with Gasteiger partial charge in [-0.15, -0.1) is 6.58 Å². The molecule has 0 radical (unpaired) electrons. The van der Waals surface area contributed by atoms with E-state index in [0.717, 1.165) is 56.5 Å². The predicted molar refractivity (Wildman–Crippen MR) is 166 cm³/mol. The standard InChI is InChI=1S/C34H42FN3O6/c1-3-5-9-31(33(39)40)26-19-27(32(21-26)25-7-6-8-28(35)20-25)22-36-17-14-29(15-18-36)37(16-4-2)34(41)44-23-24-10-12-30(13-11-24)38(42)43/h4,6-8,10-13,20,27,29,32H,2-3,5,9,14-19,21-23H2,1H3,(H,39,40)/b31-26+/t27-,32?/m1/s1. The van der Waals surface area contributed by atoms with Gasteiger partial charge in [0.2, 0.25) is 0 Å². The summed E-state index contributed by atoms with van der Waals surface area (Å²) in [5.74, 6) is -0.932. The Morgan fingerprint density at radius 3 is 2.52 bits per heavy atom. The summed E-state index contributed by atoms with van der Waals surface area (Å²) < 4.78 is 19.8. The van der Waals surface area contributed by atoms with E-state index in [9.17, 15) is 29.2 Å². The number of carbonyl (C=O) groups is 2. The number of nitro benzene ring substituents is 1. The van der Waals surface area contributed by atoms with Crippen LogP contribution in [0.4, 0.5) is 14.9 Å². The highest BCUT2D eigenvalue weighted by molar-refractivity contribution is 5.87. The molecule has 2 aliphatic rings. The van der Waals surface area contributed by atoms with E-state index in [1.54, 1.807) is 35.2 Å². The van der Waals surface area contributed by atoms with Crippen LogP contribution in [0.3, 0.4) is 0 Å². The second kappa shape index (κ2) is 15.6. The van der Waals surface area contributed by atoms with Crippen LogP contribution in [-0.2, 0) is 16.1 Å². The third kappa shape index (κ3) is 8.53. The minimum atomic E-state index is -0.851. The molecule has 0 spiro atoms. The topological polar surface area (TPSA) is 113 Å². The molecule has 0 aromatic heterocycles. The molecule has 10 heteroatoms. The number of likely N-dealkylation sites (tertiary alicyclic amines) is 1. The largest absolute Gasteiger partial charge is 0.478 e. The maximum Gasteiger partial charge on any atom is 0.410 e. The minimum absolute atomic E-state index is 0.0128. The number of nitro groups is 1.